The highest BCUT2D eigenvalue weighted by Gasteiger charge is 2.29. The number of hydrogen-bond donors (Lipinski definition) is 1. The normalized spacial score (nSPS) is 11.8. The lowest BCUT2D eigenvalue weighted by Crippen LogP contribution is -2.33. The maximum atomic E-state index is 14.0. The Morgan fingerprint density at radius 2 is 1.56 bits per heavy atom. The average Bonchev–Trinajstić information content (AvgIpc) is 2.78. The number of methoxy groups -OCH3 is 1. The molecule has 0 saturated heterocycles. The van der Waals surface area contributed by atoms with Gasteiger partial charge in [-0.15, -0.1) is 0 Å². The van der Waals surface area contributed by atoms with Gasteiger partial charge in [-0.05, 0) is 61.7 Å². The van der Waals surface area contributed by atoms with Crippen LogP contribution in [0.3, 0.4) is 0 Å². The van der Waals surface area contributed by atoms with E-state index in [2.05, 4.69) is 4.98 Å². The van der Waals surface area contributed by atoms with E-state index in [0.29, 0.717) is 28.0 Å². The Morgan fingerprint density at radius 1 is 0.882 bits per heavy atom. The predicted molar refractivity (Wildman–Crippen MR) is 135 cm³/mol. The summed E-state index contributed by atoms with van der Waals surface area (Å²) >= 11 is 0. The Labute approximate surface area is 199 Å². The number of rotatable bonds is 7. The fourth-order valence-electron chi connectivity index (χ4n) is 4.38. The van der Waals surface area contributed by atoms with Crippen LogP contribution in [0.2, 0.25) is 0 Å². The lowest BCUT2D eigenvalue weighted by molar-refractivity contribution is 0.399. The Bertz CT molecular complexity index is 1490. The zero-order valence-electron chi connectivity index (χ0n) is 19.8. The van der Waals surface area contributed by atoms with Crippen molar-refractivity contribution in [2.45, 2.75) is 38.8 Å². The van der Waals surface area contributed by atoms with Crippen LogP contribution in [0.25, 0.3) is 10.9 Å². The van der Waals surface area contributed by atoms with Gasteiger partial charge >= 0.3 is 0 Å². The molecule has 4 rings (SSSR count). The summed E-state index contributed by atoms with van der Waals surface area (Å²) in [5, 5.41) is 0.772. The maximum Gasteiger partial charge on any atom is 0.252 e. The molecule has 0 saturated carbocycles. The molecule has 0 aliphatic carbocycles. The van der Waals surface area contributed by atoms with E-state index >= 15 is 0 Å². The third-order valence-corrected chi connectivity index (χ3v) is 7.98. The molecule has 1 aromatic heterocycles. The molecule has 0 bridgehead atoms. The number of nitrogens with one attached hydrogen (secondary N) is 1. The highest BCUT2D eigenvalue weighted by molar-refractivity contribution is 7.89. The van der Waals surface area contributed by atoms with E-state index in [1.807, 2.05) is 69.3 Å². The van der Waals surface area contributed by atoms with Crippen molar-refractivity contribution in [3.8, 4) is 5.75 Å². The van der Waals surface area contributed by atoms with Crippen molar-refractivity contribution >= 4 is 20.9 Å². The van der Waals surface area contributed by atoms with Gasteiger partial charge in [-0.3, -0.25) is 4.79 Å². The molecule has 3 aromatic carbocycles. The minimum atomic E-state index is -3.90. The maximum absolute atomic E-state index is 14.0. The number of aryl methyl sites for hydroxylation is 3. The standard InChI is InChI=1S/C27H28N2O4S/c1-18-12-19(2)26(20(3)13-18)34(31,32)29(16-21-8-6-5-7-9-21)17-23-14-22-15-24(33-4)10-11-25(22)28-27(23)30/h5-15H,16-17H2,1-4H3,(H,28,30). The lowest BCUT2D eigenvalue weighted by Gasteiger charge is -2.24. The Balaban J connectivity index is 1.83. The summed E-state index contributed by atoms with van der Waals surface area (Å²) in [5.41, 5.74) is 3.93. The molecule has 0 aliphatic rings. The summed E-state index contributed by atoms with van der Waals surface area (Å²) in [6, 6.07) is 20.2. The summed E-state index contributed by atoms with van der Waals surface area (Å²) < 4.78 is 34.6. The number of aromatic amines is 1. The molecule has 0 atom stereocenters. The second-order valence-electron chi connectivity index (χ2n) is 8.56. The van der Waals surface area contributed by atoms with E-state index in [-0.39, 0.29) is 23.5 Å². The molecular weight excluding hydrogens is 448 g/mol. The third kappa shape index (κ3) is 4.76. The number of pyridine rings is 1. The fraction of sp³-hybridized carbons (Fsp3) is 0.222. The van der Waals surface area contributed by atoms with Crippen LogP contribution in [0.15, 0.2) is 76.4 Å². The monoisotopic (exact) mass is 476 g/mol. The second-order valence-corrected chi connectivity index (χ2v) is 10.4. The van der Waals surface area contributed by atoms with Gasteiger partial charge in [0, 0.05) is 29.6 Å². The SMILES string of the molecule is COc1ccc2[nH]c(=O)c(CN(Cc3ccccc3)S(=O)(=O)c3c(C)cc(C)cc3C)cc2c1. The highest BCUT2D eigenvalue weighted by atomic mass is 32.2. The van der Waals surface area contributed by atoms with E-state index in [1.54, 1.807) is 25.3 Å². The van der Waals surface area contributed by atoms with Crippen LogP contribution >= 0.6 is 0 Å². The van der Waals surface area contributed by atoms with Crippen LogP contribution < -0.4 is 10.3 Å². The largest absolute Gasteiger partial charge is 0.497 e. The molecule has 6 nitrogen and oxygen atoms in total. The Hall–Kier alpha value is -3.42. The van der Waals surface area contributed by atoms with Gasteiger partial charge in [0.2, 0.25) is 10.0 Å². The second kappa shape index (κ2) is 9.44. The quantitative estimate of drug-likeness (QED) is 0.413. The molecule has 0 radical (unpaired) electrons. The smallest absolute Gasteiger partial charge is 0.252 e. The van der Waals surface area contributed by atoms with Crippen molar-refractivity contribution in [1.29, 1.82) is 0 Å². The van der Waals surface area contributed by atoms with Gasteiger partial charge in [-0.2, -0.15) is 4.31 Å². The minimum absolute atomic E-state index is 0.0630. The molecule has 176 valence electrons. The minimum Gasteiger partial charge on any atom is -0.497 e. The van der Waals surface area contributed by atoms with Crippen LogP contribution in [0, 0.1) is 20.8 Å². The van der Waals surface area contributed by atoms with E-state index < -0.39 is 10.0 Å². The number of nitrogens with zero attached hydrogens (tertiary/aromatic N) is 1. The van der Waals surface area contributed by atoms with E-state index in [1.165, 1.54) is 4.31 Å². The molecular formula is C27H28N2O4S. The van der Waals surface area contributed by atoms with Crippen LogP contribution in [-0.2, 0) is 23.1 Å². The Morgan fingerprint density at radius 3 is 2.21 bits per heavy atom. The first-order valence-corrected chi connectivity index (χ1v) is 12.4. The number of fused-ring (bicyclic) bond motifs is 1. The molecule has 1 heterocycles. The first kappa shape index (κ1) is 23.7. The molecule has 34 heavy (non-hydrogen) atoms. The first-order chi connectivity index (χ1) is 16.2. The number of H-pyrrole nitrogens is 1. The topological polar surface area (TPSA) is 79.5 Å². The van der Waals surface area contributed by atoms with Gasteiger partial charge < -0.3 is 9.72 Å². The van der Waals surface area contributed by atoms with Gasteiger partial charge in [0.05, 0.1) is 12.0 Å². The number of hydrogen-bond acceptors (Lipinski definition) is 4. The number of aromatic nitrogens is 1. The van der Waals surface area contributed by atoms with Gasteiger partial charge in [-0.1, -0.05) is 48.0 Å². The van der Waals surface area contributed by atoms with Crippen LogP contribution in [0.5, 0.6) is 5.75 Å². The van der Waals surface area contributed by atoms with Crippen molar-refractivity contribution < 1.29 is 13.2 Å². The zero-order chi connectivity index (χ0) is 24.5. The first-order valence-electron chi connectivity index (χ1n) is 11.0. The summed E-state index contributed by atoms with van der Waals surface area (Å²) in [7, 11) is -2.33. The molecule has 1 N–H and O–H groups in total. The number of sulfonamides is 1. The highest BCUT2D eigenvalue weighted by Crippen LogP contribution is 2.28. The third-order valence-electron chi connectivity index (χ3n) is 5.88. The number of benzene rings is 3. The number of ether oxygens (including phenoxy) is 1. The molecule has 0 aliphatic heterocycles. The van der Waals surface area contributed by atoms with Crippen molar-refractivity contribution in [2.75, 3.05) is 7.11 Å². The molecule has 4 aromatic rings. The summed E-state index contributed by atoms with van der Waals surface area (Å²) in [6.07, 6.45) is 0. The molecule has 7 heteroatoms. The van der Waals surface area contributed by atoms with Gasteiger partial charge in [0.25, 0.3) is 5.56 Å². The van der Waals surface area contributed by atoms with Crippen molar-refractivity contribution in [3.63, 3.8) is 0 Å². The predicted octanol–water partition coefficient (Wildman–Crippen LogP) is 4.85. The van der Waals surface area contributed by atoms with Gasteiger partial charge in [-0.25, -0.2) is 8.42 Å². The molecule has 0 fully saturated rings. The summed E-state index contributed by atoms with van der Waals surface area (Å²) in [4.78, 5) is 16.1. The van der Waals surface area contributed by atoms with E-state index in [0.717, 1.165) is 16.5 Å². The average molecular weight is 477 g/mol. The van der Waals surface area contributed by atoms with Crippen LogP contribution in [0.4, 0.5) is 0 Å². The Kier molecular flexibility index (Phi) is 6.59. The summed E-state index contributed by atoms with van der Waals surface area (Å²) in [5.74, 6) is 0.658. The van der Waals surface area contributed by atoms with Crippen molar-refractivity contribution in [1.82, 2.24) is 9.29 Å². The van der Waals surface area contributed by atoms with Crippen molar-refractivity contribution in [3.05, 3.63) is 105 Å². The molecule has 0 amide bonds. The van der Waals surface area contributed by atoms with Crippen LogP contribution in [-0.4, -0.2) is 24.8 Å². The zero-order valence-corrected chi connectivity index (χ0v) is 20.6. The fourth-order valence-corrected chi connectivity index (χ4v) is 6.20. The van der Waals surface area contributed by atoms with Gasteiger partial charge in [0.15, 0.2) is 0 Å². The molecule has 0 unspecified atom stereocenters. The van der Waals surface area contributed by atoms with Crippen LogP contribution in [0.1, 0.15) is 27.8 Å². The van der Waals surface area contributed by atoms with E-state index in [4.69, 9.17) is 4.74 Å². The molecule has 0 spiro atoms. The lowest BCUT2D eigenvalue weighted by atomic mass is 10.1. The van der Waals surface area contributed by atoms with Crippen molar-refractivity contribution in [2.24, 2.45) is 0 Å². The summed E-state index contributed by atoms with van der Waals surface area (Å²) in [6.45, 7) is 5.64. The van der Waals surface area contributed by atoms with Gasteiger partial charge in [0.1, 0.15) is 5.75 Å². The van der Waals surface area contributed by atoms with E-state index in [9.17, 15) is 13.2 Å².